The van der Waals surface area contributed by atoms with Crippen molar-refractivity contribution in [2.45, 2.75) is 13.5 Å². The second kappa shape index (κ2) is 4.68. The van der Waals surface area contributed by atoms with E-state index >= 15 is 0 Å². The number of benzene rings is 1. The highest BCUT2D eigenvalue weighted by atomic mass is 32.1. The summed E-state index contributed by atoms with van der Waals surface area (Å²) >= 11 is 1.67. The van der Waals surface area contributed by atoms with E-state index in [0.29, 0.717) is 6.54 Å². The molecule has 0 atom stereocenters. The van der Waals surface area contributed by atoms with Crippen molar-refractivity contribution in [3.63, 3.8) is 0 Å². The summed E-state index contributed by atoms with van der Waals surface area (Å²) in [7, 11) is 1.67. The minimum absolute atomic E-state index is 0.449. The van der Waals surface area contributed by atoms with Crippen molar-refractivity contribution in [3.05, 3.63) is 41.0 Å². The Morgan fingerprint density at radius 2 is 2.16 bits per heavy atom. The van der Waals surface area contributed by atoms with Crippen molar-refractivity contribution in [1.29, 1.82) is 0 Å². The van der Waals surface area contributed by atoms with E-state index in [1.807, 2.05) is 24.3 Å². The topological polar surface area (TPSA) is 52.5 Å². The fourth-order valence-corrected chi connectivity index (χ4v) is 3.10. The van der Waals surface area contributed by atoms with E-state index < -0.39 is 0 Å². The lowest BCUT2D eigenvalue weighted by atomic mass is 10.1. The summed E-state index contributed by atoms with van der Waals surface area (Å²) in [6, 6.07) is 7.88. The Labute approximate surface area is 115 Å². The third kappa shape index (κ3) is 1.91. The van der Waals surface area contributed by atoms with E-state index in [2.05, 4.69) is 17.5 Å². The van der Waals surface area contributed by atoms with Crippen molar-refractivity contribution in [1.82, 2.24) is 9.38 Å². The minimum atomic E-state index is 0.449. The molecule has 0 fully saturated rings. The number of methoxy groups -OCH3 is 1. The van der Waals surface area contributed by atoms with Gasteiger partial charge in [-0.2, -0.15) is 0 Å². The van der Waals surface area contributed by atoms with Crippen molar-refractivity contribution < 1.29 is 4.74 Å². The molecule has 0 amide bonds. The molecule has 3 rings (SSSR count). The van der Waals surface area contributed by atoms with Crippen LogP contribution in [0.25, 0.3) is 16.2 Å². The molecule has 0 aliphatic heterocycles. The molecule has 0 aliphatic rings. The number of fused-ring (bicyclic) bond motifs is 1. The van der Waals surface area contributed by atoms with Gasteiger partial charge in [0.25, 0.3) is 0 Å². The van der Waals surface area contributed by atoms with Gasteiger partial charge in [-0.3, -0.25) is 4.40 Å². The number of thiazole rings is 1. The summed E-state index contributed by atoms with van der Waals surface area (Å²) in [6.45, 7) is 2.52. The molecule has 0 spiro atoms. The zero-order valence-electron chi connectivity index (χ0n) is 10.9. The average molecular weight is 273 g/mol. The van der Waals surface area contributed by atoms with Crippen LogP contribution in [0.2, 0.25) is 0 Å². The standard InChI is InChI=1S/C14H15N3OS/c1-9-8-17-11(7-15)13(16-14(17)19-9)10-5-3-4-6-12(10)18-2/h3-6,8H,7,15H2,1-2H3. The average Bonchev–Trinajstić information content (AvgIpc) is 2.94. The third-order valence-electron chi connectivity index (χ3n) is 3.10. The first-order valence-electron chi connectivity index (χ1n) is 6.05. The lowest BCUT2D eigenvalue weighted by molar-refractivity contribution is 0.416. The van der Waals surface area contributed by atoms with Crippen LogP contribution in [0.3, 0.4) is 0 Å². The van der Waals surface area contributed by atoms with Gasteiger partial charge in [0.05, 0.1) is 18.5 Å². The van der Waals surface area contributed by atoms with Gasteiger partial charge in [0, 0.05) is 23.2 Å². The molecular weight excluding hydrogens is 258 g/mol. The summed E-state index contributed by atoms with van der Waals surface area (Å²) in [4.78, 5) is 6.90. The van der Waals surface area contributed by atoms with Gasteiger partial charge in [-0.25, -0.2) is 4.98 Å². The molecule has 3 aromatic rings. The summed E-state index contributed by atoms with van der Waals surface area (Å²) in [5.41, 5.74) is 8.81. The lowest BCUT2D eigenvalue weighted by Gasteiger charge is -2.07. The number of para-hydroxylation sites is 1. The van der Waals surface area contributed by atoms with Gasteiger partial charge in [-0.15, -0.1) is 11.3 Å². The van der Waals surface area contributed by atoms with Gasteiger partial charge in [0.2, 0.25) is 0 Å². The van der Waals surface area contributed by atoms with Crippen LogP contribution >= 0.6 is 11.3 Å². The molecule has 0 saturated heterocycles. The lowest BCUT2D eigenvalue weighted by Crippen LogP contribution is -2.02. The van der Waals surface area contributed by atoms with Gasteiger partial charge in [-0.05, 0) is 19.1 Å². The maximum absolute atomic E-state index is 5.90. The minimum Gasteiger partial charge on any atom is -0.496 e. The Balaban J connectivity index is 2.27. The molecule has 19 heavy (non-hydrogen) atoms. The molecule has 4 nitrogen and oxygen atoms in total. The van der Waals surface area contributed by atoms with Crippen LogP contribution in [-0.2, 0) is 6.54 Å². The first-order chi connectivity index (χ1) is 9.24. The largest absolute Gasteiger partial charge is 0.496 e. The second-order valence-corrected chi connectivity index (χ2v) is 5.52. The number of hydrogen-bond acceptors (Lipinski definition) is 4. The summed E-state index contributed by atoms with van der Waals surface area (Å²) in [5.74, 6) is 0.819. The zero-order valence-corrected chi connectivity index (χ0v) is 11.7. The fraction of sp³-hybridized carbons (Fsp3) is 0.214. The molecule has 2 heterocycles. The van der Waals surface area contributed by atoms with Crippen molar-refractivity contribution >= 4 is 16.3 Å². The summed E-state index contributed by atoms with van der Waals surface area (Å²) in [6.07, 6.45) is 2.08. The van der Waals surface area contributed by atoms with E-state index in [1.54, 1.807) is 18.4 Å². The third-order valence-corrected chi connectivity index (χ3v) is 3.99. The number of aromatic nitrogens is 2. The van der Waals surface area contributed by atoms with E-state index in [0.717, 1.165) is 27.7 Å². The quantitative estimate of drug-likeness (QED) is 0.798. The Hall–Kier alpha value is -1.85. The van der Waals surface area contributed by atoms with Gasteiger partial charge in [0.1, 0.15) is 5.75 Å². The van der Waals surface area contributed by atoms with Gasteiger partial charge >= 0.3 is 0 Å². The molecule has 0 aliphatic carbocycles. The second-order valence-electron chi connectivity index (χ2n) is 4.31. The van der Waals surface area contributed by atoms with Crippen LogP contribution in [-0.4, -0.2) is 16.5 Å². The molecule has 98 valence electrons. The molecule has 1 aromatic carbocycles. The molecule has 0 unspecified atom stereocenters. The number of ether oxygens (including phenoxy) is 1. The molecule has 2 aromatic heterocycles. The maximum atomic E-state index is 5.90. The highest BCUT2D eigenvalue weighted by Gasteiger charge is 2.17. The smallest absolute Gasteiger partial charge is 0.194 e. The molecule has 0 radical (unpaired) electrons. The van der Waals surface area contributed by atoms with E-state index in [9.17, 15) is 0 Å². The Bertz CT molecular complexity index is 729. The van der Waals surface area contributed by atoms with Gasteiger partial charge in [0.15, 0.2) is 4.96 Å². The Morgan fingerprint density at radius 3 is 2.89 bits per heavy atom. The SMILES string of the molecule is COc1ccccc1-c1nc2sc(C)cn2c1CN. The normalized spacial score (nSPS) is 11.1. The maximum Gasteiger partial charge on any atom is 0.194 e. The number of nitrogens with zero attached hydrogens (tertiary/aromatic N) is 2. The van der Waals surface area contributed by atoms with Gasteiger partial charge in [-0.1, -0.05) is 12.1 Å². The molecule has 5 heteroatoms. The molecule has 2 N–H and O–H groups in total. The number of aryl methyl sites for hydroxylation is 1. The number of nitrogens with two attached hydrogens (primary N) is 1. The van der Waals surface area contributed by atoms with E-state index in [-0.39, 0.29) is 0 Å². The summed E-state index contributed by atoms with van der Waals surface area (Å²) in [5, 5.41) is 0. The van der Waals surface area contributed by atoms with E-state index in [1.165, 1.54) is 4.88 Å². The summed E-state index contributed by atoms with van der Waals surface area (Å²) < 4.78 is 7.48. The fourth-order valence-electron chi connectivity index (χ4n) is 2.25. The Morgan fingerprint density at radius 1 is 1.37 bits per heavy atom. The number of hydrogen-bond donors (Lipinski definition) is 1. The van der Waals surface area contributed by atoms with Crippen LogP contribution in [0.1, 0.15) is 10.6 Å². The highest BCUT2D eigenvalue weighted by Crippen LogP contribution is 2.33. The first-order valence-corrected chi connectivity index (χ1v) is 6.87. The van der Waals surface area contributed by atoms with Crippen LogP contribution in [0.15, 0.2) is 30.5 Å². The first kappa shape index (κ1) is 12.2. The predicted octanol–water partition coefficient (Wildman–Crippen LogP) is 2.84. The van der Waals surface area contributed by atoms with Gasteiger partial charge < -0.3 is 10.5 Å². The van der Waals surface area contributed by atoms with Crippen molar-refractivity contribution in [2.75, 3.05) is 7.11 Å². The van der Waals surface area contributed by atoms with Crippen LogP contribution in [0, 0.1) is 6.92 Å². The predicted molar refractivity (Wildman–Crippen MR) is 77.7 cm³/mol. The van der Waals surface area contributed by atoms with Crippen molar-refractivity contribution in [2.24, 2.45) is 5.73 Å². The van der Waals surface area contributed by atoms with Crippen LogP contribution in [0.4, 0.5) is 0 Å². The zero-order chi connectivity index (χ0) is 13.4. The van der Waals surface area contributed by atoms with Crippen LogP contribution < -0.4 is 10.5 Å². The number of imidazole rings is 1. The van der Waals surface area contributed by atoms with Crippen molar-refractivity contribution in [3.8, 4) is 17.0 Å². The molecule has 0 bridgehead atoms. The molecule has 0 saturated carbocycles. The van der Waals surface area contributed by atoms with Crippen LogP contribution in [0.5, 0.6) is 5.75 Å². The highest BCUT2D eigenvalue weighted by molar-refractivity contribution is 7.17. The van der Waals surface area contributed by atoms with E-state index in [4.69, 9.17) is 15.5 Å². The Kier molecular flexibility index (Phi) is 3.00. The number of rotatable bonds is 3. The molecular formula is C14H15N3OS. The monoisotopic (exact) mass is 273 g/mol.